The fraction of sp³-hybridized carbons (Fsp3) is 0.250. The predicted molar refractivity (Wildman–Crippen MR) is 65.6 cm³/mol. The van der Waals surface area contributed by atoms with Crippen LogP contribution in [0.1, 0.15) is 28.8 Å². The van der Waals surface area contributed by atoms with Crippen molar-refractivity contribution >= 4 is 23.2 Å². The van der Waals surface area contributed by atoms with Crippen LogP contribution in [0, 0.1) is 22.7 Å². The molecule has 0 saturated heterocycles. The molecular weight excluding hydrogens is 252 g/mol. The second kappa shape index (κ2) is 4.21. The van der Waals surface area contributed by atoms with E-state index in [1.807, 2.05) is 12.1 Å². The van der Waals surface area contributed by atoms with Crippen molar-refractivity contribution in [2.45, 2.75) is 18.4 Å². The molecule has 1 aromatic carbocycles. The van der Waals surface area contributed by atoms with Gasteiger partial charge in [0.2, 0.25) is 0 Å². The first-order valence-electron chi connectivity index (χ1n) is 5.24. The Balaban J connectivity index is 2.34. The molecular formula is C12H9ClN4O. The highest BCUT2D eigenvalue weighted by molar-refractivity contribution is 6.34. The second-order valence-corrected chi connectivity index (χ2v) is 4.59. The number of halogens is 1. The molecule has 0 bridgehead atoms. The van der Waals surface area contributed by atoms with Crippen molar-refractivity contribution in [3.05, 3.63) is 28.3 Å². The highest BCUT2D eigenvalue weighted by atomic mass is 35.5. The molecule has 5 nitrogen and oxygen atoms in total. The number of nitrogens with zero attached hydrogens (tertiary/aromatic N) is 2. The maximum atomic E-state index is 12.0. The van der Waals surface area contributed by atoms with E-state index < -0.39 is 11.4 Å². The van der Waals surface area contributed by atoms with Crippen LogP contribution in [-0.2, 0) is 0 Å². The van der Waals surface area contributed by atoms with Gasteiger partial charge < -0.3 is 11.1 Å². The SMILES string of the molecule is N#Cc1cc(Cl)c(N)c(C(=O)NC2(C#N)CC2)c1. The first-order chi connectivity index (χ1) is 8.51. The lowest BCUT2D eigenvalue weighted by Gasteiger charge is -2.11. The largest absolute Gasteiger partial charge is 0.397 e. The number of nitrogens with two attached hydrogens (primary N) is 1. The van der Waals surface area contributed by atoms with Gasteiger partial charge in [0.05, 0.1) is 34.0 Å². The predicted octanol–water partition coefficient (Wildman–Crippen LogP) is 1.58. The number of nitriles is 2. The molecule has 90 valence electrons. The van der Waals surface area contributed by atoms with E-state index in [1.165, 1.54) is 12.1 Å². The van der Waals surface area contributed by atoms with Gasteiger partial charge in [0.25, 0.3) is 5.91 Å². The van der Waals surface area contributed by atoms with E-state index in [4.69, 9.17) is 27.9 Å². The van der Waals surface area contributed by atoms with Crippen LogP contribution >= 0.6 is 11.6 Å². The third-order valence-corrected chi connectivity index (χ3v) is 3.13. The van der Waals surface area contributed by atoms with Gasteiger partial charge >= 0.3 is 0 Å². The molecule has 1 saturated carbocycles. The molecule has 0 atom stereocenters. The van der Waals surface area contributed by atoms with E-state index in [9.17, 15) is 4.79 Å². The minimum absolute atomic E-state index is 0.113. The zero-order valence-electron chi connectivity index (χ0n) is 9.33. The van der Waals surface area contributed by atoms with Gasteiger partial charge in [-0.05, 0) is 25.0 Å². The highest BCUT2D eigenvalue weighted by Crippen LogP contribution is 2.35. The van der Waals surface area contributed by atoms with Crippen LogP contribution in [0.15, 0.2) is 12.1 Å². The Morgan fingerprint density at radius 1 is 1.44 bits per heavy atom. The number of amides is 1. The zero-order valence-corrected chi connectivity index (χ0v) is 10.1. The maximum absolute atomic E-state index is 12.0. The number of nitrogen functional groups attached to an aromatic ring is 1. The first kappa shape index (κ1) is 12.2. The van der Waals surface area contributed by atoms with Gasteiger partial charge in [-0.15, -0.1) is 0 Å². The van der Waals surface area contributed by atoms with Crippen LogP contribution in [0.4, 0.5) is 5.69 Å². The summed E-state index contributed by atoms with van der Waals surface area (Å²) >= 11 is 5.84. The number of rotatable bonds is 2. The first-order valence-corrected chi connectivity index (χ1v) is 5.62. The molecule has 2 rings (SSSR count). The number of hydrogen-bond donors (Lipinski definition) is 2. The van der Waals surface area contributed by atoms with Gasteiger partial charge in [0.1, 0.15) is 5.54 Å². The third kappa shape index (κ3) is 2.09. The van der Waals surface area contributed by atoms with Gasteiger partial charge in [0, 0.05) is 0 Å². The highest BCUT2D eigenvalue weighted by Gasteiger charge is 2.45. The molecule has 0 heterocycles. The van der Waals surface area contributed by atoms with E-state index in [2.05, 4.69) is 5.32 Å². The molecule has 18 heavy (non-hydrogen) atoms. The van der Waals surface area contributed by atoms with Gasteiger partial charge in [-0.2, -0.15) is 10.5 Å². The fourth-order valence-electron chi connectivity index (χ4n) is 1.54. The van der Waals surface area contributed by atoms with Crippen molar-refractivity contribution < 1.29 is 4.79 Å². The molecule has 0 spiro atoms. The monoisotopic (exact) mass is 260 g/mol. The van der Waals surface area contributed by atoms with E-state index in [0.29, 0.717) is 12.8 Å². The van der Waals surface area contributed by atoms with Crippen molar-refractivity contribution in [1.82, 2.24) is 5.32 Å². The summed E-state index contributed by atoms with van der Waals surface area (Å²) in [6.45, 7) is 0. The molecule has 0 aromatic heterocycles. The molecule has 1 aromatic rings. The van der Waals surface area contributed by atoms with E-state index in [-0.39, 0.29) is 21.8 Å². The molecule has 6 heteroatoms. The Labute approximate surface area is 109 Å². The summed E-state index contributed by atoms with van der Waals surface area (Å²) in [6.07, 6.45) is 1.25. The number of anilines is 1. The van der Waals surface area contributed by atoms with Crippen LogP contribution in [0.25, 0.3) is 0 Å². The summed E-state index contributed by atoms with van der Waals surface area (Å²) in [5, 5.41) is 20.5. The Morgan fingerprint density at radius 2 is 2.11 bits per heavy atom. The number of carbonyl (C=O) groups is 1. The average Bonchev–Trinajstić information content (AvgIpc) is 3.12. The normalized spacial score (nSPS) is 15.3. The van der Waals surface area contributed by atoms with Crippen molar-refractivity contribution in [1.29, 1.82) is 10.5 Å². The molecule has 0 aliphatic heterocycles. The Hall–Kier alpha value is -2.24. The standard InChI is InChI=1S/C12H9ClN4O/c13-9-4-7(5-14)3-8(10(9)16)11(18)17-12(6-15)1-2-12/h3-4H,1-2,16H2,(H,17,18). The number of nitrogens with one attached hydrogen (secondary N) is 1. The third-order valence-electron chi connectivity index (χ3n) is 2.82. The summed E-state index contributed by atoms with van der Waals surface area (Å²) in [6, 6.07) is 6.70. The molecule has 3 N–H and O–H groups in total. The van der Waals surface area contributed by atoms with Crippen molar-refractivity contribution in [2.75, 3.05) is 5.73 Å². The fourth-order valence-corrected chi connectivity index (χ4v) is 1.76. The molecule has 1 aliphatic carbocycles. The molecule has 0 radical (unpaired) electrons. The lowest BCUT2D eigenvalue weighted by molar-refractivity contribution is 0.0942. The Kier molecular flexibility index (Phi) is 2.86. The summed E-state index contributed by atoms with van der Waals surface area (Å²) in [7, 11) is 0. The second-order valence-electron chi connectivity index (χ2n) is 4.18. The summed E-state index contributed by atoms with van der Waals surface area (Å²) in [4.78, 5) is 12.0. The Bertz CT molecular complexity index is 608. The van der Waals surface area contributed by atoms with Crippen LogP contribution in [0.5, 0.6) is 0 Å². The molecule has 0 unspecified atom stereocenters. The van der Waals surface area contributed by atoms with Crippen LogP contribution in [-0.4, -0.2) is 11.4 Å². The Morgan fingerprint density at radius 3 is 2.61 bits per heavy atom. The maximum Gasteiger partial charge on any atom is 0.254 e. The average molecular weight is 261 g/mol. The van der Waals surface area contributed by atoms with Gasteiger partial charge in [-0.1, -0.05) is 11.6 Å². The minimum Gasteiger partial charge on any atom is -0.397 e. The summed E-state index contributed by atoms with van der Waals surface area (Å²) < 4.78 is 0. The van der Waals surface area contributed by atoms with Crippen LogP contribution in [0.2, 0.25) is 5.02 Å². The van der Waals surface area contributed by atoms with Gasteiger partial charge in [-0.25, -0.2) is 0 Å². The van der Waals surface area contributed by atoms with Gasteiger partial charge in [0.15, 0.2) is 0 Å². The quantitative estimate of drug-likeness (QED) is 0.788. The minimum atomic E-state index is -0.779. The van der Waals surface area contributed by atoms with Crippen LogP contribution in [0.3, 0.4) is 0 Å². The smallest absolute Gasteiger partial charge is 0.254 e. The summed E-state index contributed by atoms with van der Waals surface area (Å²) in [5.41, 5.74) is 5.41. The van der Waals surface area contributed by atoms with Crippen LogP contribution < -0.4 is 11.1 Å². The van der Waals surface area contributed by atoms with Crippen molar-refractivity contribution in [3.8, 4) is 12.1 Å². The summed E-state index contributed by atoms with van der Waals surface area (Å²) in [5.74, 6) is -0.481. The number of carbonyl (C=O) groups excluding carboxylic acids is 1. The van der Waals surface area contributed by atoms with E-state index in [0.717, 1.165) is 0 Å². The topological polar surface area (TPSA) is 103 Å². The molecule has 1 fully saturated rings. The number of hydrogen-bond acceptors (Lipinski definition) is 4. The van der Waals surface area contributed by atoms with E-state index >= 15 is 0 Å². The van der Waals surface area contributed by atoms with Crippen molar-refractivity contribution in [2.24, 2.45) is 0 Å². The molecule has 1 aliphatic rings. The molecule has 1 amide bonds. The lowest BCUT2D eigenvalue weighted by Crippen LogP contribution is -2.36. The lowest BCUT2D eigenvalue weighted by atomic mass is 10.1. The zero-order chi connectivity index (χ0) is 13.3. The van der Waals surface area contributed by atoms with Gasteiger partial charge in [-0.3, -0.25) is 4.79 Å². The van der Waals surface area contributed by atoms with E-state index in [1.54, 1.807) is 0 Å². The van der Waals surface area contributed by atoms with Crippen molar-refractivity contribution in [3.63, 3.8) is 0 Å². The number of benzene rings is 1.